The van der Waals surface area contributed by atoms with E-state index in [1.54, 1.807) is 0 Å². The normalized spacial score (nSPS) is 10.9. The van der Waals surface area contributed by atoms with Crippen molar-refractivity contribution in [2.75, 3.05) is 0 Å². The topological polar surface area (TPSA) is 17.3 Å². The molecule has 2 heterocycles. The summed E-state index contributed by atoms with van der Waals surface area (Å²) in [6.45, 7) is 2.09. The van der Waals surface area contributed by atoms with E-state index in [0.717, 1.165) is 21.5 Å². The van der Waals surface area contributed by atoms with Crippen LogP contribution in [0.1, 0.15) is 5.56 Å². The fourth-order valence-corrected chi connectivity index (χ4v) is 2.48. The average Bonchev–Trinajstić information content (AvgIpc) is 2.68. The van der Waals surface area contributed by atoms with Crippen molar-refractivity contribution < 1.29 is 0 Å². The lowest BCUT2D eigenvalue weighted by molar-refractivity contribution is 1.16. The monoisotopic (exact) mass is 286 g/mol. The summed E-state index contributed by atoms with van der Waals surface area (Å²) in [4.78, 5) is 4.58. The molecule has 0 saturated carbocycles. The van der Waals surface area contributed by atoms with Crippen molar-refractivity contribution in [3.63, 3.8) is 0 Å². The first-order valence-electron chi connectivity index (χ1n) is 5.45. The second kappa shape index (κ2) is 4.00. The Morgan fingerprint density at radius 1 is 1.12 bits per heavy atom. The second-order valence-electron chi connectivity index (χ2n) is 4.05. The third kappa shape index (κ3) is 1.76. The van der Waals surface area contributed by atoms with Gasteiger partial charge in [-0.1, -0.05) is 29.8 Å². The fourth-order valence-electron chi connectivity index (χ4n) is 1.99. The van der Waals surface area contributed by atoms with Gasteiger partial charge in [0.05, 0.1) is 5.52 Å². The van der Waals surface area contributed by atoms with Crippen molar-refractivity contribution in [2.24, 2.45) is 0 Å². The van der Waals surface area contributed by atoms with E-state index >= 15 is 0 Å². The zero-order chi connectivity index (χ0) is 11.8. The summed E-state index contributed by atoms with van der Waals surface area (Å²) in [6, 6.07) is 14.5. The van der Waals surface area contributed by atoms with Gasteiger partial charge in [-0.25, -0.2) is 4.98 Å². The first kappa shape index (κ1) is 10.5. The maximum atomic E-state index is 4.58. The van der Waals surface area contributed by atoms with Crippen LogP contribution in [-0.4, -0.2) is 9.38 Å². The predicted octanol–water partition coefficient (Wildman–Crippen LogP) is 4.07. The molecule has 1 aromatic carbocycles. The molecule has 0 N–H and O–H groups in total. The summed E-state index contributed by atoms with van der Waals surface area (Å²) < 4.78 is 2.98. The number of fused-ring (bicyclic) bond motifs is 1. The summed E-state index contributed by atoms with van der Waals surface area (Å²) in [6.07, 6.45) is 2.03. The van der Waals surface area contributed by atoms with Gasteiger partial charge in [0.2, 0.25) is 0 Å². The van der Waals surface area contributed by atoms with E-state index in [4.69, 9.17) is 0 Å². The van der Waals surface area contributed by atoms with Crippen LogP contribution in [0.5, 0.6) is 0 Å². The molecule has 17 heavy (non-hydrogen) atoms. The Morgan fingerprint density at radius 2 is 2.00 bits per heavy atom. The van der Waals surface area contributed by atoms with Crippen LogP contribution in [-0.2, 0) is 0 Å². The van der Waals surface area contributed by atoms with Gasteiger partial charge in [0.15, 0.2) is 0 Å². The van der Waals surface area contributed by atoms with Crippen LogP contribution in [0.2, 0.25) is 0 Å². The molecule has 0 bridgehead atoms. The summed E-state index contributed by atoms with van der Waals surface area (Å²) in [7, 11) is 0. The highest BCUT2D eigenvalue weighted by Crippen LogP contribution is 2.26. The highest BCUT2D eigenvalue weighted by atomic mass is 79.9. The molecule has 0 aliphatic rings. The minimum Gasteiger partial charge on any atom is -0.299 e. The van der Waals surface area contributed by atoms with Gasteiger partial charge >= 0.3 is 0 Å². The number of aromatic nitrogens is 2. The summed E-state index contributed by atoms with van der Waals surface area (Å²) in [5.74, 6) is 0.969. The standard InChI is InChI=1S/C14H11BrN2/c1-10-5-4-6-11(9-10)14-16-13(15)12-7-2-3-8-17(12)14/h2-9H,1H3. The van der Waals surface area contributed by atoms with Crippen molar-refractivity contribution in [2.45, 2.75) is 6.92 Å². The first-order valence-corrected chi connectivity index (χ1v) is 6.24. The van der Waals surface area contributed by atoms with Crippen LogP contribution in [0.25, 0.3) is 16.9 Å². The van der Waals surface area contributed by atoms with Crippen LogP contribution >= 0.6 is 15.9 Å². The van der Waals surface area contributed by atoms with Gasteiger partial charge in [-0.3, -0.25) is 4.40 Å². The van der Waals surface area contributed by atoms with Crippen molar-refractivity contribution in [3.05, 3.63) is 58.8 Å². The number of halogens is 1. The third-order valence-electron chi connectivity index (χ3n) is 2.78. The van der Waals surface area contributed by atoms with E-state index in [1.807, 2.05) is 18.3 Å². The Morgan fingerprint density at radius 3 is 2.82 bits per heavy atom. The van der Waals surface area contributed by atoms with Crippen LogP contribution in [0.3, 0.4) is 0 Å². The maximum Gasteiger partial charge on any atom is 0.145 e. The van der Waals surface area contributed by atoms with Crippen molar-refractivity contribution >= 4 is 21.4 Å². The number of hydrogen-bond acceptors (Lipinski definition) is 1. The first-order chi connectivity index (χ1) is 8.25. The Labute approximate surface area is 108 Å². The van der Waals surface area contributed by atoms with Gasteiger partial charge in [-0.05, 0) is 41.1 Å². The van der Waals surface area contributed by atoms with E-state index in [9.17, 15) is 0 Å². The average molecular weight is 287 g/mol. The van der Waals surface area contributed by atoms with E-state index in [-0.39, 0.29) is 0 Å². The summed E-state index contributed by atoms with van der Waals surface area (Å²) in [5, 5.41) is 0. The molecular weight excluding hydrogens is 276 g/mol. The smallest absolute Gasteiger partial charge is 0.145 e. The highest BCUT2D eigenvalue weighted by molar-refractivity contribution is 9.10. The molecule has 2 nitrogen and oxygen atoms in total. The van der Waals surface area contributed by atoms with E-state index in [2.05, 4.69) is 62.6 Å². The molecule has 0 fully saturated rings. The molecular formula is C14H11BrN2. The largest absolute Gasteiger partial charge is 0.299 e. The Kier molecular flexibility index (Phi) is 2.48. The SMILES string of the molecule is Cc1cccc(-c2nc(Br)c3ccccn23)c1. The summed E-state index contributed by atoms with van der Waals surface area (Å²) in [5.41, 5.74) is 3.47. The van der Waals surface area contributed by atoms with Crippen molar-refractivity contribution in [1.29, 1.82) is 0 Å². The lowest BCUT2D eigenvalue weighted by Crippen LogP contribution is -1.88. The van der Waals surface area contributed by atoms with Crippen LogP contribution < -0.4 is 0 Å². The molecule has 3 aromatic rings. The van der Waals surface area contributed by atoms with Crippen molar-refractivity contribution in [3.8, 4) is 11.4 Å². The number of imidazole rings is 1. The minimum atomic E-state index is 0.884. The predicted molar refractivity (Wildman–Crippen MR) is 73.1 cm³/mol. The molecule has 0 spiro atoms. The fraction of sp³-hybridized carbons (Fsp3) is 0.0714. The molecule has 0 unspecified atom stereocenters. The maximum absolute atomic E-state index is 4.58. The van der Waals surface area contributed by atoms with E-state index < -0.39 is 0 Å². The Hall–Kier alpha value is -1.61. The molecule has 3 rings (SSSR count). The van der Waals surface area contributed by atoms with E-state index in [0.29, 0.717) is 0 Å². The molecule has 0 saturated heterocycles. The third-order valence-corrected chi connectivity index (χ3v) is 3.36. The van der Waals surface area contributed by atoms with Gasteiger partial charge in [0.1, 0.15) is 10.4 Å². The molecule has 2 aromatic heterocycles. The number of rotatable bonds is 1. The molecule has 3 heteroatoms. The molecule has 84 valence electrons. The molecule has 0 aliphatic carbocycles. The van der Waals surface area contributed by atoms with Gasteiger partial charge < -0.3 is 0 Å². The second-order valence-corrected chi connectivity index (χ2v) is 4.80. The number of pyridine rings is 1. The molecule has 0 amide bonds. The Bertz CT molecular complexity index is 686. The van der Waals surface area contributed by atoms with Crippen LogP contribution in [0, 0.1) is 6.92 Å². The minimum absolute atomic E-state index is 0.884. The van der Waals surface area contributed by atoms with Crippen LogP contribution in [0.15, 0.2) is 53.3 Å². The Balaban J connectivity index is 2.31. The van der Waals surface area contributed by atoms with Gasteiger partial charge in [0, 0.05) is 11.8 Å². The zero-order valence-electron chi connectivity index (χ0n) is 9.39. The van der Waals surface area contributed by atoms with Gasteiger partial charge in [-0.15, -0.1) is 0 Å². The number of hydrogen-bond donors (Lipinski definition) is 0. The van der Waals surface area contributed by atoms with Crippen molar-refractivity contribution in [1.82, 2.24) is 9.38 Å². The lowest BCUT2D eigenvalue weighted by atomic mass is 10.1. The highest BCUT2D eigenvalue weighted by Gasteiger charge is 2.09. The van der Waals surface area contributed by atoms with Crippen LogP contribution in [0.4, 0.5) is 0 Å². The molecule has 0 radical (unpaired) electrons. The summed E-state index contributed by atoms with van der Waals surface area (Å²) >= 11 is 3.50. The zero-order valence-corrected chi connectivity index (χ0v) is 11.0. The number of aryl methyl sites for hydroxylation is 1. The lowest BCUT2D eigenvalue weighted by Gasteiger charge is -2.01. The van der Waals surface area contributed by atoms with Gasteiger partial charge in [-0.2, -0.15) is 0 Å². The number of benzene rings is 1. The quantitative estimate of drug-likeness (QED) is 0.659. The van der Waals surface area contributed by atoms with Gasteiger partial charge in [0.25, 0.3) is 0 Å². The number of nitrogens with zero attached hydrogens (tertiary/aromatic N) is 2. The molecule has 0 atom stereocenters. The molecule has 0 aliphatic heterocycles. The van der Waals surface area contributed by atoms with E-state index in [1.165, 1.54) is 5.56 Å².